The molecule has 0 unspecified atom stereocenters. The van der Waals surface area contributed by atoms with Crippen LogP contribution < -0.4 is 0 Å². The van der Waals surface area contributed by atoms with Gasteiger partial charge in [-0.15, -0.1) is 0 Å². The molecule has 0 radical (unpaired) electrons. The van der Waals surface area contributed by atoms with E-state index in [-0.39, 0.29) is 42.7 Å². The molecular weight excluding hydrogens is 345 g/mol. The lowest BCUT2D eigenvalue weighted by Gasteiger charge is -2.36. The fraction of sp³-hybridized carbons (Fsp3) is 0.364. The van der Waals surface area contributed by atoms with Crippen molar-refractivity contribution in [2.45, 2.75) is 38.8 Å². The van der Waals surface area contributed by atoms with Gasteiger partial charge in [0.25, 0.3) is 0 Å². The summed E-state index contributed by atoms with van der Waals surface area (Å²) in [5.41, 5.74) is 1.37. The van der Waals surface area contributed by atoms with Crippen LogP contribution in [0.3, 0.4) is 0 Å². The molecule has 142 valence electrons. The molecule has 2 aromatic rings. The molecule has 3 rings (SSSR count). The van der Waals surface area contributed by atoms with Gasteiger partial charge in [-0.3, -0.25) is 4.79 Å². The minimum Gasteiger partial charge on any atom is -0.445 e. The van der Waals surface area contributed by atoms with Crippen LogP contribution in [0.25, 0.3) is 0 Å². The Balaban J connectivity index is 1.51. The average molecular weight is 369 g/mol. The average Bonchev–Trinajstić information content (AvgIpc) is 2.68. The Bertz CT molecular complexity index is 793. The lowest BCUT2D eigenvalue weighted by atomic mass is 9.86. The maximum Gasteiger partial charge on any atom is 0.410 e. The molecule has 0 aromatic heterocycles. The van der Waals surface area contributed by atoms with Crippen LogP contribution in [0.2, 0.25) is 0 Å². The predicted molar refractivity (Wildman–Crippen MR) is 101 cm³/mol. The molecule has 0 aliphatic carbocycles. The Labute approximate surface area is 158 Å². The summed E-state index contributed by atoms with van der Waals surface area (Å²) < 4.78 is 19.2. The van der Waals surface area contributed by atoms with Crippen molar-refractivity contribution in [2.24, 2.45) is 5.92 Å². The molecule has 1 aliphatic rings. The van der Waals surface area contributed by atoms with Crippen LogP contribution in [-0.4, -0.2) is 29.4 Å². The van der Waals surface area contributed by atoms with Crippen molar-refractivity contribution in [2.75, 3.05) is 6.54 Å². The molecule has 2 aromatic carbocycles. The number of hydrogen-bond acceptors (Lipinski definition) is 3. The highest BCUT2D eigenvalue weighted by atomic mass is 19.1. The number of carbonyl (C=O) groups excluding carboxylic acids is 2. The molecule has 4 nitrogen and oxygen atoms in total. The number of likely N-dealkylation sites (tertiary alicyclic amines) is 1. The highest BCUT2D eigenvalue weighted by molar-refractivity contribution is 5.83. The summed E-state index contributed by atoms with van der Waals surface area (Å²) in [5.74, 6) is -0.470. The molecule has 1 fully saturated rings. The molecule has 1 saturated heterocycles. The van der Waals surface area contributed by atoms with Crippen molar-refractivity contribution in [3.05, 3.63) is 71.5 Å². The van der Waals surface area contributed by atoms with Crippen molar-refractivity contribution in [3.8, 4) is 0 Å². The van der Waals surface area contributed by atoms with Gasteiger partial charge in [0.1, 0.15) is 18.2 Å². The molecule has 27 heavy (non-hydrogen) atoms. The molecule has 0 spiro atoms. The third-order valence-corrected chi connectivity index (χ3v) is 5.09. The predicted octanol–water partition coefficient (Wildman–Crippen LogP) is 4.37. The number of benzene rings is 2. The molecule has 0 N–H and O–H groups in total. The summed E-state index contributed by atoms with van der Waals surface area (Å²) in [6.45, 7) is 2.63. The van der Waals surface area contributed by atoms with Crippen LogP contribution in [0.4, 0.5) is 9.18 Å². The van der Waals surface area contributed by atoms with E-state index in [2.05, 4.69) is 0 Å². The van der Waals surface area contributed by atoms with Crippen molar-refractivity contribution in [1.82, 2.24) is 4.90 Å². The van der Waals surface area contributed by atoms with E-state index < -0.39 is 0 Å². The van der Waals surface area contributed by atoms with Crippen LogP contribution in [0.1, 0.15) is 30.9 Å². The van der Waals surface area contributed by atoms with Gasteiger partial charge in [-0.1, -0.05) is 48.5 Å². The number of ether oxygens (including phenoxy) is 1. The maximum absolute atomic E-state index is 13.8. The second kappa shape index (κ2) is 8.80. The zero-order chi connectivity index (χ0) is 19.2. The van der Waals surface area contributed by atoms with Crippen LogP contribution in [0.15, 0.2) is 54.6 Å². The van der Waals surface area contributed by atoms with Crippen LogP contribution in [-0.2, 0) is 22.6 Å². The third kappa shape index (κ3) is 4.94. The Kier molecular flexibility index (Phi) is 6.22. The SMILES string of the molecule is C[C@H]1C[C@H](C(=O)Cc2ccccc2F)CCN1C(=O)OCc1ccccc1. The fourth-order valence-corrected chi connectivity index (χ4v) is 3.51. The van der Waals surface area contributed by atoms with Gasteiger partial charge in [-0.2, -0.15) is 0 Å². The maximum atomic E-state index is 13.8. The van der Waals surface area contributed by atoms with Crippen molar-refractivity contribution in [3.63, 3.8) is 0 Å². The first-order valence-electron chi connectivity index (χ1n) is 9.28. The Hall–Kier alpha value is -2.69. The first kappa shape index (κ1) is 19.1. The number of nitrogens with zero attached hydrogens (tertiary/aromatic N) is 1. The lowest BCUT2D eigenvalue weighted by Crippen LogP contribution is -2.46. The van der Waals surface area contributed by atoms with E-state index in [9.17, 15) is 14.0 Å². The Morgan fingerprint density at radius 2 is 1.81 bits per heavy atom. The Morgan fingerprint density at radius 3 is 2.52 bits per heavy atom. The minimum absolute atomic E-state index is 0.0317. The second-order valence-corrected chi connectivity index (χ2v) is 7.04. The normalized spacial score (nSPS) is 19.6. The van der Waals surface area contributed by atoms with E-state index in [1.54, 1.807) is 23.1 Å². The fourth-order valence-electron chi connectivity index (χ4n) is 3.51. The van der Waals surface area contributed by atoms with Gasteiger partial charge in [0, 0.05) is 24.9 Å². The first-order chi connectivity index (χ1) is 13.0. The number of rotatable bonds is 5. The molecule has 2 atom stereocenters. The quantitative estimate of drug-likeness (QED) is 0.786. The standard InChI is InChI=1S/C22H24FNO3/c1-16-13-19(21(25)14-18-9-5-6-10-20(18)23)11-12-24(16)22(26)27-15-17-7-3-2-4-8-17/h2-10,16,19H,11-15H2,1H3/t16-,19+/m0/s1. The number of amides is 1. The van der Waals surface area contributed by atoms with E-state index in [4.69, 9.17) is 4.74 Å². The van der Waals surface area contributed by atoms with Gasteiger partial charge in [-0.05, 0) is 37.0 Å². The molecule has 5 heteroatoms. The summed E-state index contributed by atoms with van der Waals surface area (Å²) >= 11 is 0. The number of ketones is 1. The van der Waals surface area contributed by atoms with Crippen LogP contribution in [0.5, 0.6) is 0 Å². The van der Waals surface area contributed by atoms with Gasteiger partial charge in [0.05, 0.1) is 0 Å². The smallest absolute Gasteiger partial charge is 0.410 e. The van der Waals surface area contributed by atoms with Gasteiger partial charge in [0.15, 0.2) is 0 Å². The molecule has 1 amide bonds. The topological polar surface area (TPSA) is 46.6 Å². The zero-order valence-electron chi connectivity index (χ0n) is 15.4. The summed E-state index contributed by atoms with van der Waals surface area (Å²) in [7, 11) is 0. The van der Waals surface area contributed by atoms with Crippen molar-refractivity contribution in [1.29, 1.82) is 0 Å². The molecule has 1 aliphatic heterocycles. The van der Waals surface area contributed by atoms with Gasteiger partial charge in [-0.25, -0.2) is 9.18 Å². The van der Waals surface area contributed by atoms with Crippen LogP contribution >= 0.6 is 0 Å². The second-order valence-electron chi connectivity index (χ2n) is 7.04. The minimum atomic E-state index is -0.355. The van der Waals surface area contributed by atoms with Crippen molar-refractivity contribution < 1.29 is 18.7 Å². The van der Waals surface area contributed by atoms with E-state index in [1.807, 2.05) is 37.3 Å². The van der Waals surface area contributed by atoms with E-state index >= 15 is 0 Å². The van der Waals surface area contributed by atoms with Gasteiger partial charge < -0.3 is 9.64 Å². The van der Waals surface area contributed by atoms with E-state index in [0.717, 1.165) is 5.56 Å². The number of piperidine rings is 1. The number of hydrogen-bond donors (Lipinski definition) is 0. The van der Waals surface area contributed by atoms with Crippen LogP contribution in [0, 0.1) is 11.7 Å². The molecule has 0 saturated carbocycles. The summed E-state index contributed by atoms with van der Waals surface area (Å²) in [5, 5.41) is 0. The van der Waals surface area contributed by atoms with E-state index in [0.29, 0.717) is 24.9 Å². The molecule has 0 bridgehead atoms. The zero-order valence-corrected chi connectivity index (χ0v) is 15.4. The van der Waals surface area contributed by atoms with Gasteiger partial charge >= 0.3 is 6.09 Å². The lowest BCUT2D eigenvalue weighted by molar-refractivity contribution is -0.124. The summed E-state index contributed by atoms with van der Waals surface area (Å²) in [6, 6.07) is 15.8. The monoisotopic (exact) mass is 369 g/mol. The summed E-state index contributed by atoms with van der Waals surface area (Å²) in [6.07, 6.45) is 0.903. The van der Waals surface area contributed by atoms with Gasteiger partial charge in [0.2, 0.25) is 0 Å². The van der Waals surface area contributed by atoms with Crippen molar-refractivity contribution >= 4 is 11.9 Å². The largest absolute Gasteiger partial charge is 0.445 e. The highest BCUT2D eigenvalue weighted by Gasteiger charge is 2.33. The number of Topliss-reactive ketones (excluding diaryl/α,β-unsaturated/α-hetero) is 1. The third-order valence-electron chi connectivity index (χ3n) is 5.09. The highest BCUT2D eigenvalue weighted by Crippen LogP contribution is 2.26. The number of carbonyl (C=O) groups is 2. The van der Waals surface area contributed by atoms with E-state index in [1.165, 1.54) is 6.07 Å². The number of halogens is 1. The summed E-state index contributed by atoms with van der Waals surface area (Å²) in [4.78, 5) is 26.6. The first-order valence-corrected chi connectivity index (χ1v) is 9.28. The molecule has 1 heterocycles. The molecular formula is C22H24FNO3. The Morgan fingerprint density at radius 1 is 1.11 bits per heavy atom.